The highest BCUT2D eigenvalue weighted by atomic mass is 79.9. The summed E-state index contributed by atoms with van der Waals surface area (Å²) >= 11 is 3.30. The Morgan fingerprint density at radius 2 is 2.05 bits per heavy atom. The largest absolute Gasteiger partial charge is 0.488 e. The summed E-state index contributed by atoms with van der Waals surface area (Å²) in [7, 11) is 0. The van der Waals surface area contributed by atoms with E-state index in [1.54, 1.807) is 24.3 Å². The first-order valence-corrected chi connectivity index (χ1v) is 6.47. The van der Waals surface area contributed by atoms with Gasteiger partial charge in [0.1, 0.15) is 24.2 Å². The monoisotopic (exact) mass is 319 g/mol. The van der Waals surface area contributed by atoms with Gasteiger partial charge in [-0.25, -0.2) is 4.39 Å². The molecular formula is C15H11BrFNO. The third-order valence-electron chi connectivity index (χ3n) is 2.76. The van der Waals surface area contributed by atoms with E-state index in [2.05, 4.69) is 22.0 Å². The molecule has 2 rings (SSSR count). The number of nitrogens with zero attached hydrogens (tertiary/aromatic N) is 1. The molecule has 0 bridgehead atoms. The Hall–Kier alpha value is -1.86. The van der Waals surface area contributed by atoms with Crippen molar-refractivity contribution >= 4 is 15.9 Å². The molecule has 0 aliphatic heterocycles. The summed E-state index contributed by atoms with van der Waals surface area (Å²) in [6.45, 7) is 2.13. The normalized spacial score (nSPS) is 10.0. The Morgan fingerprint density at radius 1 is 1.26 bits per heavy atom. The van der Waals surface area contributed by atoms with Crippen LogP contribution in [0.1, 0.15) is 16.7 Å². The van der Waals surface area contributed by atoms with E-state index >= 15 is 0 Å². The first-order valence-electron chi connectivity index (χ1n) is 5.67. The summed E-state index contributed by atoms with van der Waals surface area (Å²) in [4.78, 5) is 0. The van der Waals surface area contributed by atoms with Crippen LogP contribution >= 0.6 is 15.9 Å². The van der Waals surface area contributed by atoms with E-state index in [1.807, 2.05) is 6.92 Å². The quantitative estimate of drug-likeness (QED) is 0.842. The molecule has 0 amide bonds. The minimum Gasteiger partial charge on any atom is -0.488 e. The van der Waals surface area contributed by atoms with Crippen LogP contribution in [0.4, 0.5) is 4.39 Å². The minimum absolute atomic E-state index is 0.236. The zero-order valence-electron chi connectivity index (χ0n) is 10.3. The van der Waals surface area contributed by atoms with Crippen molar-refractivity contribution in [2.75, 3.05) is 0 Å². The van der Waals surface area contributed by atoms with E-state index in [0.717, 1.165) is 15.6 Å². The zero-order valence-corrected chi connectivity index (χ0v) is 11.9. The Bertz CT molecular complexity index is 649. The van der Waals surface area contributed by atoms with Crippen LogP contribution in [0.5, 0.6) is 5.75 Å². The fourth-order valence-electron chi connectivity index (χ4n) is 1.67. The van der Waals surface area contributed by atoms with Crippen LogP contribution in [0.15, 0.2) is 40.9 Å². The zero-order chi connectivity index (χ0) is 13.8. The van der Waals surface area contributed by atoms with Gasteiger partial charge >= 0.3 is 0 Å². The van der Waals surface area contributed by atoms with E-state index in [-0.39, 0.29) is 12.4 Å². The van der Waals surface area contributed by atoms with Gasteiger partial charge in [0, 0.05) is 4.47 Å². The lowest BCUT2D eigenvalue weighted by atomic mass is 10.1. The average molecular weight is 320 g/mol. The maximum atomic E-state index is 13.2. The first kappa shape index (κ1) is 13.6. The van der Waals surface area contributed by atoms with Gasteiger partial charge in [0.15, 0.2) is 0 Å². The fraction of sp³-hybridized carbons (Fsp3) is 0.133. The molecule has 0 spiro atoms. The molecule has 2 nitrogen and oxygen atoms in total. The molecule has 0 unspecified atom stereocenters. The SMILES string of the molecule is Cc1ccc(F)cc1COc1ccc(Br)cc1C#N. The maximum absolute atomic E-state index is 13.2. The van der Waals surface area contributed by atoms with E-state index in [1.165, 1.54) is 12.1 Å². The number of halogens is 2. The minimum atomic E-state index is -0.291. The summed E-state index contributed by atoms with van der Waals surface area (Å²) in [5.74, 6) is 0.204. The Labute approximate surface area is 119 Å². The van der Waals surface area contributed by atoms with E-state index in [4.69, 9.17) is 10.00 Å². The van der Waals surface area contributed by atoms with Crippen molar-refractivity contribution in [3.8, 4) is 11.8 Å². The van der Waals surface area contributed by atoms with E-state index in [9.17, 15) is 4.39 Å². The molecule has 19 heavy (non-hydrogen) atoms. The number of hydrogen-bond donors (Lipinski definition) is 0. The van der Waals surface area contributed by atoms with Gasteiger partial charge in [0.2, 0.25) is 0 Å². The predicted molar refractivity (Wildman–Crippen MR) is 74.3 cm³/mol. The van der Waals surface area contributed by atoms with Gasteiger partial charge in [-0.1, -0.05) is 22.0 Å². The Balaban J connectivity index is 2.19. The van der Waals surface area contributed by atoms with Crippen molar-refractivity contribution < 1.29 is 9.13 Å². The molecule has 0 atom stereocenters. The predicted octanol–water partition coefficient (Wildman–Crippen LogP) is 4.35. The second-order valence-corrected chi connectivity index (χ2v) is 5.03. The van der Waals surface area contributed by atoms with Gasteiger partial charge in [-0.3, -0.25) is 0 Å². The van der Waals surface area contributed by atoms with Crippen LogP contribution < -0.4 is 4.74 Å². The third-order valence-corrected chi connectivity index (χ3v) is 3.25. The average Bonchev–Trinajstić information content (AvgIpc) is 2.40. The number of ether oxygens (including phenoxy) is 1. The molecule has 2 aromatic carbocycles. The summed E-state index contributed by atoms with van der Waals surface area (Å²) in [5.41, 5.74) is 2.17. The molecule has 0 saturated heterocycles. The lowest BCUT2D eigenvalue weighted by molar-refractivity contribution is 0.304. The molecule has 0 aromatic heterocycles. The lowest BCUT2D eigenvalue weighted by Gasteiger charge is -2.10. The molecular weight excluding hydrogens is 309 g/mol. The van der Waals surface area contributed by atoms with Crippen LogP contribution in [-0.4, -0.2) is 0 Å². The van der Waals surface area contributed by atoms with Crippen LogP contribution in [0.2, 0.25) is 0 Å². The summed E-state index contributed by atoms with van der Waals surface area (Å²) in [6.07, 6.45) is 0. The van der Waals surface area contributed by atoms with Gasteiger partial charge in [-0.2, -0.15) is 5.26 Å². The fourth-order valence-corrected chi connectivity index (χ4v) is 2.03. The van der Waals surface area contributed by atoms with Gasteiger partial charge in [-0.15, -0.1) is 0 Å². The van der Waals surface area contributed by atoms with Crippen LogP contribution in [0.3, 0.4) is 0 Å². The van der Waals surface area contributed by atoms with Crippen LogP contribution in [0.25, 0.3) is 0 Å². The number of aryl methyl sites for hydroxylation is 1. The summed E-state index contributed by atoms with van der Waals surface area (Å²) in [5, 5.41) is 9.03. The summed E-state index contributed by atoms with van der Waals surface area (Å²) < 4.78 is 19.6. The number of rotatable bonds is 3. The van der Waals surface area contributed by atoms with E-state index in [0.29, 0.717) is 11.3 Å². The molecule has 2 aromatic rings. The molecule has 0 heterocycles. The summed E-state index contributed by atoms with van der Waals surface area (Å²) in [6, 6.07) is 11.8. The molecule has 0 aliphatic rings. The second-order valence-electron chi connectivity index (χ2n) is 4.11. The van der Waals surface area contributed by atoms with Crippen molar-refractivity contribution in [3.05, 3.63) is 63.4 Å². The van der Waals surface area contributed by atoms with Crippen LogP contribution in [-0.2, 0) is 6.61 Å². The number of hydrogen-bond acceptors (Lipinski definition) is 2. The topological polar surface area (TPSA) is 33.0 Å². The molecule has 0 fully saturated rings. The maximum Gasteiger partial charge on any atom is 0.137 e. The molecule has 4 heteroatoms. The molecule has 0 N–H and O–H groups in total. The highest BCUT2D eigenvalue weighted by Crippen LogP contribution is 2.23. The van der Waals surface area contributed by atoms with Gasteiger partial charge in [-0.05, 0) is 48.4 Å². The van der Waals surface area contributed by atoms with Gasteiger partial charge in [0.25, 0.3) is 0 Å². The van der Waals surface area contributed by atoms with Crippen molar-refractivity contribution in [3.63, 3.8) is 0 Å². The highest BCUT2D eigenvalue weighted by Gasteiger charge is 2.06. The second kappa shape index (κ2) is 5.85. The van der Waals surface area contributed by atoms with Gasteiger partial charge in [0.05, 0.1) is 5.56 Å². The van der Waals surface area contributed by atoms with Crippen LogP contribution in [0, 0.1) is 24.1 Å². The number of nitriles is 1. The Morgan fingerprint density at radius 3 is 2.79 bits per heavy atom. The third kappa shape index (κ3) is 3.33. The molecule has 0 saturated carbocycles. The van der Waals surface area contributed by atoms with Gasteiger partial charge < -0.3 is 4.74 Å². The highest BCUT2D eigenvalue weighted by molar-refractivity contribution is 9.10. The van der Waals surface area contributed by atoms with E-state index < -0.39 is 0 Å². The molecule has 0 radical (unpaired) electrons. The van der Waals surface area contributed by atoms with Crippen molar-refractivity contribution in [1.29, 1.82) is 5.26 Å². The van der Waals surface area contributed by atoms with Crippen molar-refractivity contribution in [2.24, 2.45) is 0 Å². The molecule has 0 aliphatic carbocycles. The Kier molecular flexibility index (Phi) is 4.18. The van der Waals surface area contributed by atoms with Crippen molar-refractivity contribution in [2.45, 2.75) is 13.5 Å². The number of benzene rings is 2. The smallest absolute Gasteiger partial charge is 0.137 e. The van der Waals surface area contributed by atoms with Crippen molar-refractivity contribution in [1.82, 2.24) is 0 Å². The molecule has 96 valence electrons. The lowest BCUT2D eigenvalue weighted by Crippen LogP contribution is -2.00. The standard InChI is InChI=1S/C15H11BrFNO/c1-10-2-4-14(17)7-12(10)9-19-15-5-3-13(16)6-11(15)8-18/h2-7H,9H2,1H3. The first-order chi connectivity index (χ1) is 9.10.